The molecule has 1 rings (SSSR count). The van der Waals surface area contributed by atoms with Crippen LogP contribution in [0.25, 0.3) is 0 Å². The molecule has 5 heteroatoms. The van der Waals surface area contributed by atoms with Crippen molar-refractivity contribution in [2.24, 2.45) is 5.41 Å². The second-order valence-electron chi connectivity index (χ2n) is 6.65. The molecule has 0 aromatic carbocycles. The minimum atomic E-state index is -3.43. The van der Waals surface area contributed by atoms with Crippen LogP contribution in [0.1, 0.15) is 85.0 Å². The lowest BCUT2D eigenvalue weighted by Crippen LogP contribution is -2.43. The Labute approximate surface area is 130 Å². The summed E-state index contributed by atoms with van der Waals surface area (Å²) >= 11 is 0. The van der Waals surface area contributed by atoms with Crippen LogP contribution in [-0.2, 0) is 14.8 Å². The van der Waals surface area contributed by atoms with E-state index in [1.165, 1.54) is 6.42 Å². The van der Waals surface area contributed by atoms with Crippen molar-refractivity contribution in [3.63, 3.8) is 0 Å². The van der Waals surface area contributed by atoms with Gasteiger partial charge in [0.1, 0.15) is 0 Å². The summed E-state index contributed by atoms with van der Waals surface area (Å²) in [5.41, 5.74) is -0.550. The van der Waals surface area contributed by atoms with Crippen molar-refractivity contribution in [2.75, 3.05) is 0 Å². The van der Waals surface area contributed by atoms with Crippen LogP contribution in [0.3, 0.4) is 0 Å². The van der Waals surface area contributed by atoms with Crippen LogP contribution in [0.4, 0.5) is 0 Å². The molecule has 1 aliphatic carbocycles. The number of carbonyl (C=O) groups excluding carboxylic acids is 1. The van der Waals surface area contributed by atoms with Crippen molar-refractivity contribution in [3.8, 4) is 0 Å². The van der Waals surface area contributed by atoms with E-state index in [2.05, 4.69) is 18.6 Å². The van der Waals surface area contributed by atoms with E-state index in [0.29, 0.717) is 12.8 Å². The maximum Gasteiger partial charge on any atom is 0.239 e. The highest BCUT2D eigenvalue weighted by molar-refractivity contribution is 7.90. The average Bonchev–Trinajstić information content (AvgIpc) is 3.25. The summed E-state index contributed by atoms with van der Waals surface area (Å²) < 4.78 is 26.3. The van der Waals surface area contributed by atoms with Gasteiger partial charge in [0, 0.05) is 5.41 Å². The smallest absolute Gasteiger partial charge is 0.239 e. The Morgan fingerprint density at radius 3 is 2.14 bits per heavy atom. The second kappa shape index (κ2) is 8.16. The van der Waals surface area contributed by atoms with Gasteiger partial charge in [-0.2, -0.15) is 0 Å². The first-order valence-corrected chi connectivity index (χ1v) is 9.96. The summed E-state index contributed by atoms with van der Waals surface area (Å²) in [5, 5.41) is -0.336. The number of carbonyl (C=O) groups is 1. The Bertz CT molecular complexity index is 429. The van der Waals surface area contributed by atoms with Crippen molar-refractivity contribution in [1.29, 1.82) is 0 Å². The van der Waals surface area contributed by atoms with E-state index in [0.717, 1.165) is 44.9 Å². The molecule has 1 unspecified atom stereocenters. The van der Waals surface area contributed by atoms with Crippen LogP contribution in [0.5, 0.6) is 0 Å². The highest BCUT2D eigenvalue weighted by Crippen LogP contribution is 2.33. The molecule has 1 aliphatic rings. The Balaban J connectivity index is 2.62. The number of unbranched alkanes of at least 4 members (excludes halogenated alkanes) is 4. The van der Waals surface area contributed by atoms with Crippen molar-refractivity contribution < 1.29 is 13.2 Å². The van der Waals surface area contributed by atoms with Crippen molar-refractivity contribution in [1.82, 2.24) is 4.72 Å². The number of rotatable bonds is 11. The fraction of sp³-hybridized carbons (Fsp3) is 0.938. The minimum absolute atomic E-state index is 0.292. The zero-order chi connectivity index (χ0) is 15.9. The van der Waals surface area contributed by atoms with Crippen molar-refractivity contribution in [2.45, 2.75) is 90.2 Å². The van der Waals surface area contributed by atoms with Gasteiger partial charge in [0.05, 0.1) is 5.25 Å². The van der Waals surface area contributed by atoms with Gasteiger partial charge < -0.3 is 0 Å². The van der Waals surface area contributed by atoms with Crippen LogP contribution in [0.15, 0.2) is 0 Å². The number of nitrogens with one attached hydrogen (secondary N) is 1. The first kappa shape index (κ1) is 18.5. The highest BCUT2D eigenvalue weighted by atomic mass is 32.2. The standard InChI is InChI=1S/C16H31NO3S/c1-4-6-8-9-13-16(3,12-7-5-2)15(18)17-21(19,20)14-10-11-14/h14H,4-13H2,1-3H3,(H,17,18). The van der Waals surface area contributed by atoms with Gasteiger partial charge in [0.15, 0.2) is 0 Å². The summed E-state index contributed by atoms with van der Waals surface area (Å²) in [6, 6.07) is 0. The highest BCUT2D eigenvalue weighted by Gasteiger charge is 2.40. The maximum absolute atomic E-state index is 12.5. The molecular weight excluding hydrogens is 286 g/mol. The molecule has 1 saturated carbocycles. The minimum Gasteiger partial charge on any atom is -0.273 e. The van der Waals surface area contributed by atoms with Gasteiger partial charge in [0.2, 0.25) is 15.9 Å². The normalized spacial score (nSPS) is 18.2. The number of sulfonamides is 1. The Morgan fingerprint density at radius 1 is 1.05 bits per heavy atom. The van der Waals surface area contributed by atoms with E-state index < -0.39 is 15.4 Å². The summed E-state index contributed by atoms with van der Waals surface area (Å²) in [5.74, 6) is -0.292. The van der Waals surface area contributed by atoms with Crippen molar-refractivity contribution >= 4 is 15.9 Å². The second-order valence-corrected chi connectivity index (χ2v) is 8.61. The predicted molar refractivity (Wildman–Crippen MR) is 86.5 cm³/mol. The maximum atomic E-state index is 12.5. The molecule has 1 N–H and O–H groups in total. The van der Waals surface area contributed by atoms with Gasteiger partial charge in [-0.05, 0) is 25.7 Å². The molecule has 0 spiro atoms. The molecule has 1 amide bonds. The molecule has 0 heterocycles. The average molecular weight is 317 g/mol. The van der Waals surface area contributed by atoms with E-state index in [1.807, 2.05) is 6.92 Å². The molecular formula is C16H31NO3S. The molecule has 124 valence electrons. The van der Waals surface area contributed by atoms with E-state index in [9.17, 15) is 13.2 Å². The molecule has 1 atom stereocenters. The third-order valence-electron chi connectivity index (χ3n) is 4.41. The lowest BCUT2D eigenvalue weighted by atomic mass is 9.79. The van der Waals surface area contributed by atoms with E-state index in [-0.39, 0.29) is 11.2 Å². The molecule has 4 nitrogen and oxygen atoms in total. The lowest BCUT2D eigenvalue weighted by Gasteiger charge is -2.28. The van der Waals surface area contributed by atoms with E-state index in [4.69, 9.17) is 0 Å². The van der Waals surface area contributed by atoms with Gasteiger partial charge in [-0.3, -0.25) is 9.52 Å². The van der Waals surface area contributed by atoms with Gasteiger partial charge >= 0.3 is 0 Å². The zero-order valence-corrected chi connectivity index (χ0v) is 14.6. The molecule has 0 aromatic heterocycles. The summed E-state index contributed by atoms with van der Waals surface area (Å²) in [4.78, 5) is 12.5. The quantitative estimate of drug-likeness (QED) is 0.590. The summed E-state index contributed by atoms with van der Waals surface area (Å²) in [7, 11) is -3.43. The zero-order valence-electron chi connectivity index (χ0n) is 13.8. The molecule has 1 fully saturated rings. The Kier molecular flexibility index (Phi) is 7.17. The van der Waals surface area contributed by atoms with Crippen LogP contribution < -0.4 is 4.72 Å². The Hall–Kier alpha value is -0.580. The lowest BCUT2D eigenvalue weighted by molar-refractivity contribution is -0.129. The first-order valence-electron chi connectivity index (χ1n) is 8.42. The van der Waals surface area contributed by atoms with Crippen LogP contribution in [0.2, 0.25) is 0 Å². The van der Waals surface area contributed by atoms with Gasteiger partial charge in [-0.1, -0.05) is 59.3 Å². The molecule has 0 aromatic rings. The number of hydrogen-bond acceptors (Lipinski definition) is 3. The van der Waals surface area contributed by atoms with Crippen molar-refractivity contribution in [3.05, 3.63) is 0 Å². The molecule has 0 bridgehead atoms. The van der Waals surface area contributed by atoms with E-state index in [1.54, 1.807) is 0 Å². The molecule has 0 radical (unpaired) electrons. The van der Waals surface area contributed by atoms with Crippen LogP contribution >= 0.6 is 0 Å². The molecule has 21 heavy (non-hydrogen) atoms. The number of hydrogen-bond donors (Lipinski definition) is 1. The molecule has 0 aliphatic heterocycles. The third kappa shape index (κ3) is 5.97. The fourth-order valence-corrected chi connectivity index (χ4v) is 4.00. The Morgan fingerprint density at radius 2 is 1.62 bits per heavy atom. The van der Waals surface area contributed by atoms with E-state index >= 15 is 0 Å². The fourth-order valence-electron chi connectivity index (χ4n) is 2.58. The monoisotopic (exact) mass is 317 g/mol. The van der Waals surface area contributed by atoms with Crippen LogP contribution in [0, 0.1) is 5.41 Å². The third-order valence-corrected chi connectivity index (χ3v) is 6.23. The first-order chi connectivity index (χ1) is 9.85. The van der Waals surface area contributed by atoms with Gasteiger partial charge in [-0.15, -0.1) is 0 Å². The van der Waals surface area contributed by atoms with Crippen LogP contribution in [-0.4, -0.2) is 19.6 Å². The topological polar surface area (TPSA) is 63.2 Å². The molecule has 0 saturated heterocycles. The largest absolute Gasteiger partial charge is 0.273 e. The predicted octanol–water partition coefficient (Wildman–Crippen LogP) is 3.76. The number of amides is 1. The summed E-state index contributed by atoms with van der Waals surface area (Å²) in [6.45, 7) is 6.17. The summed E-state index contributed by atoms with van der Waals surface area (Å²) in [6.07, 6.45) is 9.33. The van der Waals surface area contributed by atoms with Gasteiger partial charge in [-0.25, -0.2) is 8.42 Å². The SMILES string of the molecule is CCCCCCC(C)(CCCC)C(=O)NS(=O)(=O)C1CC1. The van der Waals surface area contributed by atoms with Gasteiger partial charge in [0.25, 0.3) is 0 Å².